The van der Waals surface area contributed by atoms with Crippen molar-refractivity contribution in [3.8, 4) is 0 Å². The van der Waals surface area contributed by atoms with Gasteiger partial charge in [0, 0.05) is 22.7 Å². The summed E-state index contributed by atoms with van der Waals surface area (Å²) < 4.78 is 9.17. The number of imidazole rings is 1. The number of carbonyl (C=O) groups is 1. The van der Waals surface area contributed by atoms with E-state index in [1.165, 1.54) is 0 Å². The van der Waals surface area contributed by atoms with Gasteiger partial charge in [-0.1, -0.05) is 87.7 Å². The second-order valence-electron chi connectivity index (χ2n) is 8.80. The maximum atomic E-state index is 13.1. The van der Waals surface area contributed by atoms with Gasteiger partial charge in [0.2, 0.25) is 0 Å². The van der Waals surface area contributed by atoms with E-state index in [2.05, 4.69) is 38.7 Å². The van der Waals surface area contributed by atoms with Crippen molar-refractivity contribution in [2.24, 2.45) is 0 Å². The van der Waals surface area contributed by atoms with Crippen LogP contribution in [0.3, 0.4) is 0 Å². The molecule has 5 aromatic rings. The number of rotatable bonds is 6. The summed E-state index contributed by atoms with van der Waals surface area (Å²) in [5.41, 5.74) is 6.57. The lowest BCUT2D eigenvalue weighted by Gasteiger charge is -2.12. The van der Waals surface area contributed by atoms with Gasteiger partial charge in [-0.2, -0.15) is 0 Å². The van der Waals surface area contributed by atoms with Gasteiger partial charge in [-0.25, -0.2) is 9.78 Å². The quantitative estimate of drug-likeness (QED) is 0.164. The van der Waals surface area contributed by atoms with Gasteiger partial charge in [0.15, 0.2) is 0 Å². The Kier molecular flexibility index (Phi) is 6.83. The SMILES string of the molecule is Cc1ccc(C(=O)O/C(=C\c2nc3ccccc3n2Cc2ccc(Br)cc2)c2ccc(C)cc2)cc1. The topological polar surface area (TPSA) is 44.1 Å². The number of halogens is 1. The number of para-hydroxylation sites is 2. The highest BCUT2D eigenvalue weighted by molar-refractivity contribution is 9.10. The molecule has 178 valence electrons. The number of fused-ring (bicyclic) bond motifs is 1. The molecule has 0 bridgehead atoms. The smallest absolute Gasteiger partial charge is 0.343 e. The van der Waals surface area contributed by atoms with Crippen LogP contribution < -0.4 is 0 Å². The van der Waals surface area contributed by atoms with Crippen LogP contribution in [0.2, 0.25) is 0 Å². The third kappa shape index (κ3) is 5.31. The number of aryl methyl sites for hydroxylation is 2. The van der Waals surface area contributed by atoms with E-state index in [-0.39, 0.29) is 0 Å². The predicted octanol–water partition coefficient (Wildman–Crippen LogP) is 7.82. The van der Waals surface area contributed by atoms with Crippen LogP contribution in [-0.4, -0.2) is 15.5 Å². The Labute approximate surface area is 219 Å². The van der Waals surface area contributed by atoms with Crippen molar-refractivity contribution in [1.82, 2.24) is 9.55 Å². The molecule has 0 aliphatic heterocycles. The van der Waals surface area contributed by atoms with Gasteiger partial charge >= 0.3 is 5.97 Å². The molecular weight excluding hydrogens is 512 g/mol. The molecule has 0 aliphatic carbocycles. The molecule has 4 nitrogen and oxygen atoms in total. The fourth-order valence-corrected chi connectivity index (χ4v) is 4.26. The van der Waals surface area contributed by atoms with Crippen LogP contribution in [0.5, 0.6) is 0 Å². The summed E-state index contributed by atoms with van der Waals surface area (Å²) in [4.78, 5) is 18.0. The fourth-order valence-electron chi connectivity index (χ4n) is 4.00. The molecule has 1 aromatic heterocycles. The Hall–Kier alpha value is -3.96. The lowest BCUT2D eigenvalue weighted by atomic mass is 10.1. The molecule has 0 unspecified atom stereocenters. The van der Waals surface area contributed by atoms with E-state index in [4.69, 9.17) is 9.72 Å². The van der Waals surface area contributed by atoms with Crippen LogP contribution >= 0.6 is 15.9 Å². The molecule has 0 radical (unpaired) electrons. The summed E-state index contributed by atoms with van der Waals surface area (Å²) in [6.07, 6.45) is 1.86. The lowest BCUT2D eigenvalue weighted by Crippen LogP contribution is -2.07. The number of aromatic nitrogens is 2. The Bertz CT molecular complexity index is 1550. The molecule has 0 saturated heterocycles. The van der Waals surface area contributed by atoms with Crippen molar-refractivity contribution in [3.05, 3.63) is 135 Å². The zero-order valence-electron chi connectivity index (χ0n) is 20.1. The zero-order valence-corrected chi connectivity index (χ0v) is 21.7. The Morgan fingerprint density at radius 1 is 0.833 bits per heavy atom. The molecule has 0 aliphatic rings. The first kappa shape index (κ1) is 23.8. The van der Waals surface area contributed by atoms with Gasteiger partial charge < -0.3 is 9.30 Å². The first-order valence-electron chi connectivity index (χ1n) is 11.7. The third-order valence-corrected chi connectivity index (χ3v) is 6.55. The molecule has 0 saturated carbocycles. The zero-order chi connectivity index (χ0) is 25.1. The summed E-state index contributed by atoms with van der Waals surface area (Å²) in [7, 11) is 0. The maximum absolute atomic E-state index is 13.1. The molecule has 4 aromatic carbocycles. The van der Waals surface area contributed by atoms with Gasteiger partial charge in [0.1, 0.15) is 11.6 Å². The second kappa shape index (κ2) is 10.3. The minimum Gasteiger partial charge on any atom is -0.422 e. The minimum atomic E-state index is -0.405. The normalized spacial score (nSPS) is 11.6. The molecule has 0 amide bonds. The molecule has 0 N–H and O–H groups in total. The standard InChI is InChI=1S/C31H25BrN2O2/c1-21-7-13-24(14-8-21)29(36-31(35)25-15-9-22(2)10-16-25)19-30-33-27-5-3-4-6-28(27)34(30)20-23-11-17-26(32)18-12-23/h3-19H,20H2,1-2H3/b29-19-. The molecular formula is C31H25BrN2O2. The van der Waals surface area contributed by atoms with Crippen molar-refractivity contribution >= 4 is 44.8 Å². The van der Waals surface area contributed by atoms with E-state index < -0.39 is 5.97 Å². The van der Waals surface area contributed by atoms with E-state index in [9.17, 15) is 4.79 Å². The van der Waals surface area contributed by atoms with Gasteiger partial charge in [0.05, 0.1) is 16.6 Å². The predicted molar refractivity (Wildman–Crippen MR) is 149 cm³/mol. The van der Waals surface area contributed by atoms with E-state index in [0.29, 0.717) is 23.7 Å². The van der Waals surface area contributed by atoms with E-state index >= 15 is 0 Å². The molecule has 0 spiro atoms. The third-order valence-electron chi connectivity index (χ3n) is 6.02. The number of esters is 1. The largest absolute Gasteiger partial charge is 0.422 e. The summed E-state index contributed by atoms with van der Waals surface area (Å²) in [5, 5.41) is 0. The lowest BCUT2D eigenvalue weighted by molar-refractivity contribution is 0.0693. The number of hydrogen-bond acceptors (Lipinski definition) is 3. The Balaban J connectivity index is 1.60. The number of ether oxygens (including phenoxy) is 1. The molecule has 0 atom stereocenters. The van der Waals surface area contributed by atoms with Crippen LogP contribution in [0.4, 0.5) is 0 Å². The highest BCUT2D eigenvalue weighted by Gasteiger charge is 2.16. The fraction of sp³-hybridized carbons (Fsp3) is 0.0968. The van der Waals surface area contributed by atoms with Crippen LogP contribution in [-0.2, 0) is 11.3 Å². The average molecular weight is 537 g/mol. The van der Waals surface area contributed by atoms with Crippen molar-refractivity contribution in [2.75, 3.05) is 0 Å². The maximum Gasteiger partial charge on any atom is 0.343 e. The first-order valence-corrected chi connectivity index (χ1v) is 12.5. The number of benzene rings is 4. The molecule has 36 heavy (non-hydrogen) atoms. The highest BCUT2D eigenvalue weighted by atomic mass is 79.9. The number of nitrogens with zero attached hydrogens (tertiary/aromatic N) is 2. The van der Waals surface area contributed by atoms with Crippen molar-refractivity contribution in [2.45, 2.75) is 20.4 Å². The van der Waals surface area contributed by atoms with Crippen LogP contribution in [0.15, 0.2) is 102 Å². The Morgan fingerprint density at radius 3 is 2.11 bits per heavy atom. The summed E-state index contributed by atoms with van der Waals surface area (Å²) in [6, 6.07) is 31.6. The summed E-state index contributed by atoms with van der Waals surface area (Å²) in [6.45, 7) is 4.65. The van der Waals surface area contributed by atoms with Crippen molar-refractivity contribution in [1.29, 1.82) is 0 Å². The molecule has 5 heteroatoms. The highest BCUT2D eigenvalue weighted by Crippen LogP contribution is 2.25. The monoisotopic (exact) mass is 536 g/mol. The second-order valence-corrected chi connectivity index (χ2v) is 9.72. The number of carbonyl (C=O) groups excluding carboxylic acids is 1. The van der Waals surface area contributed by atoms with Crippen LogP contribution in [0.1, 0.15) is 38.4 Å². The van der Waals surface area contributed by atoms with Crippen molar-refractivity contribution in [3.63, 3.8) is 0 Å². The van der Waals surface area contributed by atoms with Crippen molar-refractivity contribution < 1.29 is 9.53 Å². The molecule has 0 fully saturated rings. The van der Waals surface area contributed by atoms with Gasteiger partial charge in [-0.3, -0.25) is 0 Å². The number of hydrogen-bond donors (Lipinski definition) is 0. The van der Waals surface area contributed by atoms with Gasteiger partial charge in [-0.15, -0.1) is 0 Å². The van der Waals surface area contributed by atoms with Gasteiger partial charge in [-0.05, 0) is 55.8 Å². The minimum absolute atomic E-state index is 0.405. The van der Waals surface area contributed by atoms with E-state index in [0.717, 1.165) is 37.8 Å². The summed E-state index contributed by atoms with van der Waals surface area (Å²) >= 11 is 3.51. The average Bonchev–Trinajstić information content (AvgIpc) is 3.22. The van der Waals surface area contributed by atoms with Gasteiger partial charge in [0.25, 0.3) is 0 Å². The first-order chi connectivity index (χ1) is 17.5. The van der Waals surface area contributed by atoms with Crippen LogP contribution in [0.25, 0.3) is 22.9 Å². The van der Waals surface area contributed by atoms with Crippen LogP contribution in [0, 0.1) is 13.8 Å². The molecule has 5 rings (SSSR count). The molecule has 1 heterocycles. The summed E-state index contributed by atoms with van der Waals surface area (Å²) in [5.74, 6) is 0.761. The van der Waals surface area contributed by atoms with E-state index in [1.807, 2.05) is 86.7 Å². The Morgan fingerprint density at radius 2 is 1.44 bits per heavy atom. The van der Waals surface area contributed by atoms with E-state index in [1.54, 1.807) is 12.1 Å².